The van der Waals surface area contributed by atoms with Gasteiger partial charge in [0.2, 0.25) is 0 Å². The van der Waals surface area contributed by atoms with E-state index >= 15 is 0 Å². The molecule has 152 valence electrons. The summed E-state index contributed by atoms with van der Waals surface area (Å²) in [6.07, 6.45) is -0.902. The highest BCUT2D eigenvalue weighted by Crippen LogP contribution is 2.42. The van der Waals surface area contributed by atoms with Gasteiger partial charge >= 0.3 is 5.69 Å². The maximum atomic E-state index is 12.1. The van der Waals surface area contributed by atoms with Crippen LogP contribution in [0.25, 0.3) is 0 Å². The topological polar surface area (TPSA) is 140 Å². The lowest BCUT2D eigenvalue weighted by Crippen LogP contribution is -2.37. The number of aromatic nitrogens is 2. The zero-order valence-corrected chi connectivity index (χ0v) is 15.4. The smallest absolute Gasteiger partial charge is 0.330 e. The van der Waals surface area contributed by atoms with Gasteiger partial charge in [0.05, 0.1) is 19.8 Å². The second-order valence-corrected chi connectivity index (χ2v) is 6.76. The van der Waals surface area contributed by atoms with Crippen molar-refractivity contribution in [3.8, 4) is 0 Å². The molecule has 0 aliphatic carbocycles. The standard InChI is InChI=1S/C14H20N2O10S/c1-14(2)23-10-8(7-20-5-6-21-27-26-25-19)22-12(11(10)24-14)16-4-3-9(17)15-13(16)18/h3-4,8,10-12,19H,5-7H2,1-2H3,(H,15,17,18)/t8-,10+,11?,12-/m1/s1. The van der Waals surface area contributed by atoms with E-state index in [0.29, 0.717) is 12.3 Å². The first-order valence-corrected chi connectivity index (χ1v) is 8.74. The predicted molar refractivity (Wildman–Crippen MR) is 88.2 cm³/mol. The van der Waals surface area contributed by atoms with E-state index < -0.39 is 41.6 Å². The summed E-state index contributed by atoms with van der Waals surface area (Å²) >= 11 is 0.456. The van der Waals surface area contributed by atoms with Crippen molar-refractivity contribution in [1.82, 2.24) is 9.55 Å². The number of ether oxygens (including phenoxy) is 4. The summed E-state index contributed by atoms with van der Waals surface area (Å²) in [7, 11) is 0. The summed E-state index contributed by atoms with van der Waals surface area (Å²) in [5.74, 6) is -0.844. The Morgan fingerprint density at radius 2 is 2.07 bits per heavy atom. The van der Waals surface area contributed by atoms with Crippen molar-refractivity contribution in [2.45, 2.75) is 44.2 Å². The van der Waals surface area contributed by atoms with Crippen LogP contribution >= 0.6 is 12.3 Å². The summed E-state index contributed by atoms with van der Waals surface area (Å²) < 4.78 is 33.4. The van der Waals surface area contributed by atoms with Gasteiger partial charge in [-0.25, -0.2) is 10.1 Å². The molecule has 0 saturated carbocycles. The molecule has 0 radical (unpaired) electrons. The molecule has 0 bridgehead atoms. The average Bonchev–Trinajstić information content (AvgIpc) is 3.08. The largest absolute Gasteiger partial charge is 0.376 e. The number of fused-ring (bicyclic) bond motifs is 1. The van der Waals surface area contributed by atoms with E-state index in [1.807, 2.05) is 0 Å². The van der Waals surface area contributed by atoms with Crippen LogP contribution in [0, 0.1) is 0 Å². The summed E-state index contributed by atoms with van der Waals surface area (Å²) in [6, 6.07) is 1.23. The van der Waals surface area contributed by atoms with Gasteiger partial charge in [-0.15, -0.1) is 4.33 Å². The van der Waals surface area contributed by atoms with Crippen LogP contribution in [0.2, 0.25) is 0 Å². The van der Waals surface area contributed by atoms with Crippen molar-refractivity contribution in [3.63, 3.8) is 0 Å². The highest BCUT2D eigenvalue weighted by Gasteiger charge is 2.56. The van der Waals surface area contributed by atoms with Crippen LogP contribution in [0.1, 0.15) is 20.1 Å². The van der Waals surface area contributed by atoms with Crippen LogP contribution in [0.5, 0.6) is 0 Å². The molecule has 0 spiro atoms. The van der Waals surface area contributed by atoms with Crippen molar-refractivity contribution in [2.24, 2.45) is 0 Å². The third kappa shape index (κ3) is 4.96. The summed E-state index contributed by atoms with van der Waals surface area (Å²) in [4.78, 5) is 25.6. The second-order valence-electron chi connectivity index (χ2n) is 6.25. The van der Waals surface area contributed by atoms with Gasteiger partial charge in [0.1, 0.15) is 18.3 Å². The van der Waals surface area contributed by atoms with Gasteiger partial charge in [-0.2, -0.15) is 0 Å². The van der Waals surface area contributed by atoms with Gasteiger partial charge in [0.15, 0.2) is 24.3 Å². The molecule has 3 heterocycles. The number of nitrogens with zero attached hydrogens (tertiary/aromatic N) is 1. The third-order valence-corrected chi connectivity index (χ3v) is 4.33. The van der Waals surface area contributed by atoms with Crippen molar-refractivity contribution in [3.05, 3.63) is 33.1 Å². The molecule has 2 saturated heterocycles. The van der Waals surface area contributed by atoms with E-state index in [4.69, 9.17) is 28.4 Å². The van der Waals surface area contributed by atoms with Crippen molar-refractivity contribution < 1.29 is 37.8 Å². The second kappa shape index (κ2) is 8.81. The fourth-order valence-electron chi connectivity index (χ4n) is 3.00. The van der Waals surface area contributed by atoms with Crippen LogP contribution in [-0.4, -0.2) is 58.7 Å². The lowest BCUT2D eigenvalue weighted by Gasteiger charge is -2.24. The highest BCUT2D eigenvalue weighted by atomic mass is 32.2. The maximum absolute atomic E-state index is 12.1. The van der Waals surface area contributed by atoms with Gasteiger partial charge < -0.3 is 18.9 Å². The lowest BCUT2D eigenvalue weighted by atomic mass is 10.1. The summed E-state index contributed by atoms with van der Waals surface area (Å²) in [5, 5.41) is 11.3. The van der Waals surface area contributed by atoms with Crippen molar-refractivity contribution >= 4 is 12.3 Å². The minimum atomic E-state index is -0.844. The minimum absolute atomic E-state index is 0.167. The van der Waals surface area contributed by atoms with Crippen LogP contribution in [0.3, 0.4) is 0 Å². The van der Waals surface area contributed by atoms with E-state index in [1.165, 1.54) is 16.8 Å². The molecule has 1 unspecified atom stereocenters. The average molecular weight is 408 g/mol. The Balaban J connectivity index is 1.62. The molecular weight excluding hydrogens is 388 g/mol. The normalized spacial score (nSPS) is 29.1. The van der Waals surface area contributed by atoms with Crippen LogP contribution in [-0.2, 0) is 32.5 Å². The number of H-pyrrole nitrogens is 1. The molecule has 1 aromatic heterocycles. The quantitative estimate of drug-likeness (QED) is 0.246. The van der Waals surface area contributed by atoms with Gasteiger partial charge in [0, 0.05) is 12.3 Å². The number of hydrogen-bond donors (Lipinski definition) is 2. The summed E-state index contributed by atoms with van der Waals surface area (Å²) in [5.41, 5.74) is -1.10. The Kier molecular flexibility index (Phi) is 6.67. The summed E-state index contributed by atoms with van der Waals surface area (Å²) in [6.45, 7) is 4.09. The number of hydrogen-bond acceptors (Lipinski definition) is 11. The number of rotatable bonds is 9. The van der Waals surface area contributed by atoms with Gasteiger partial charge in [-0.05, 0) is 13.8 Å². The number of nitrogens with one attached hydrogen (secondary N) is 1. The van der Waals surface area contributed by atoms with Gasteiger partial charge in [-0.3, -0.25) is 18.5 Å². The molecular formula is C14H20N2O10S. The van der Waals surface area contributed by atoms with Crippen molar-refractivity contribution in [1.29, 1.82) is 0 Å². The molecule has 0 amide bonds. The Bertz CT molecular complexity index is 737. The first-order valence-electron chi connectivity index (χ1n) is 8.08. The van der Waals surface area contributed by atoms with E-state index in [1.54, 1.807) is 13.8 Å². The lowest BCUT2D eigenvalue weighted by molar-refractivity contribution is -0.434. The van der Waals surface area contributed by atoms with E-state index in [-0.39, 0.29) is 19.8 Å². The first-order chi connectivity index (χ1) is 12.9. The van der Waals surface area contributed by atoms with E-state index in [0.717, 1.165) is 0 Å². The van der Waals surface area contributed by atoms with Crippen LogP contribution in [0.4, 0.5) is 0 Å². The molecule has 2 aliphatic heterocycles. The fourth-order valence-corrected chi connectivity index (χ4v) is 3.20. The molecule has 2 aliphatic rings. The third-order valence-electron chi connectivity index (χ3n) is 3.95. The SMILES string of the molecule is CC1(C)OC2[C@@H](O1)[C@@H](COCCOSOOO)O[C@H]2n1ccc(=O)[nH]c1=O. The van der Waals surface area contributed by atoms with Gasteiger partial charge in [-0.1, -0.05) is 5.04 Å². The Morgan fingerprint density at radius 3 is 2.81 bits per heavy atom. The van der Waals surface area contributed by atoms with Crippen LogP contribution in [0.15, 0.2) is 21.9 Å². The Hall–Kier alpha value is -1.29. The minimum Gasteiger partial charge on any atom is -0.376 e. The Labute approximate surface area is 157 Å². The maximum Gasteiger partial charge on any atom is 0.330 e. The molecule has 0 aromatic carbocycles. The van der Waals surface area contributed by atoms with Crippen LogP contribution < -0.4 is 11.2 Å². The molecule has 2 N–H and O–H groups in total. The zero-order valence-electron chi connectivity index (χ0n) is 14.6. The molecule has 4 atom stereocenters. The van der Waals surface area contributed by atoms with Gasteiger partial charge in [0.25, 0.3) is 5.56 Å². The van der Waals surface area contributed by atoms with E-state index in [2.05, 4.69) is 14.4 Å². The zero-order chi connectivity index (χ0) is 19.4. The monoisotopic (exact) mass is 408 g/mol. The molecule has 3 rings (SSSR count). The molecule has 12 nitrogen and oxygen atoms in total. The molecule has 13 heteroatoms. The first kappa shape index (κ1) is 20.4. The molecule has 2 fully saturated rings. The predicted octanol–water partition coefficient (Wildman–Crippen LogP) is -0.0283. The molecule has 1 aromatic rings. The molecule has 27 heavy (non-hydrogen) atoms. The fraction of sp³-hybridized carbons (Fsp3) is 0.714. The number of aromatic amines is 1. The highest BCUT2D eigenvalue weighted by molar-refractivity contribution is 7.89. The van der Waals surface area contributed by atoms with E-state index in [9.17, 15) is 9.59 Å². The van der Waals surface area contributed by atoms with Crippen molar-refractivity contribution in [2.75, 3.05) is 19.8 Å². The Morgan fingerprint density at radius 1 is 1.30 bits per heavy atom.